The molecule has 9 nitrogen and oxygen atoms in total. The summed E-state index contributed by atoms with van der Waals surface area (Å²) in [4.78, 5) is 5.85. The molecule has 0 saturated heterocycles. The third kappa shape index (κ3) is 3.53. The number of aliphatic hydroxyl groups is 1. The maximum atomic E-state index is 9.29. The Morgan fingerprint density at radius 1 is 1.03 bits per heavy atom. The summed E-state index contributed by atoms with van der Waals surface area (Å²) in [5.74, 6) is 1.32. The standard InChI is InChI=1S/C21H17N5O4/c27-9-7-14-5-6-19(18(11-14)26-23-16-3-1-2-4-17(16)24-26)29-13-20-22-21(25-30-20)15-8-10-28-12-15/h1-6,8,10-12,27H,7,9,13H2. The predicted octanol–water partition coefficient (Wildman–Crippen LogP) is 3.18. The van der Waals surface area contributed by atoms with E-state index in [1.807, 2.05) is 42.5 Å². The zero-order valence-corrected chi connectivity index (χ0v) is 15.8. The van der Waals surface area contributed by atoms with Crippen LogP contribution in [0.1, 0.15) is 11.5 Å². The van der Waals surface area contributed by atoms with E-state index in [2.05, 4.69) is 20.3 Å². The van der Waals surface area contributed by atoms with E-state index in [-0.39, 0.29) is 13.2 Å². The van der Waals surface area contributed by atoms with Crippen LogP contribution in [-0.4, -0.2) is 36.8 Å². The zero-order valence-electron chi connectivity index (χ0n) is 15.8. The van der Waals surface area contributed by atoms with Crippen LogP contribution < -0.4 is 4.74 Å². The van der Waals surface area contributed by atoms with E-state index in [0.717, 1.165) is 22.2 Å². The van der Waals surface area contributed by atoms with Crippen molar-refractivity contribution in [2.24, 2.45) is 0 Å². The second kappa shape index (κ2) is 7.80. The molecule has 1 N–H and O–H groups in total. The molecule has 0 spiro atoms. The van der Waals surface area contributed by atoms with Crippen molar-refractivity contribution in [3.05, 3.63) is 72.5 Å². The number of hydrogen-bond donors (Lipinski definition) is 1. The quantitative estimate of drug-likeness (QED) is 0.441. The summed E-state index contributed by atoms with van der Waals surface area (Å²) in [6, 6.07) is 15.0. The van der Waals surface area contributed by atoms with E-state index in [1.165, 1.54) is 4.80 Å². The molecule has 0 saturated carbocycles. The molecule has 0 aliphatic heterocycles. The average molecular weight is 403 g/mol. The molecule has 0 aliphatic rings. The fourth-order valence-electron chi connectivity index (χ4n) is 3.06. The molecule has 9 heteroatoms. The Morgan fingerprint density at radius 3 is 2.60 bits per heavy atom. The highest BCUT2D eigenvalue weighted by Gasteiger charge is 2.14. The summed E-state index contributed by atoms with van der Waals surface area (Å²) in [5.41, 5.74) is 3.88. The largest absolute Gasteiger partial charge is 0.481 e. The van der Waals surface area contributed by atoms with Crippen molar-refractivity contribution in [2.75, 3.05) is 6.61 Å². The molecule has 0 amide bonds. The molecular weight excluding hydrogens is 386 g/mol. The third-order valence-electron chi connectivity index (χ3n) is 4.52. The van der Waals surface area contributed by atoms with Gasteiger partial charge in [-0.3, -0.25) is 0 Å². The van der Waals surface area contributed by atoms with E-state index >= 15 is 0 Å². The first-order chi connectivity index (χ1) is 14.8. The molecule has 0 bridgehead atoms. The molecule has 0 fully saturated rings. The smallest absolute Gasteiger partial charge is 0.264 e. The normalized spacial score (nSPS) is 11.2. The van der Waals surface area contributed by atoms with Crippen molar-refractivity contribution >= 4 is 11.0 Å². The molecule has 0 atom stereocenters. The Bertz CT molecular complexity index is 1240. The maximum Gasteiger partial charge on any atom is 0.264 e. The Hall–Kier alpha value is -3.98. The summed E-state index contributed by atoms with van der Waals surface area (Å²) in [7, 11) is 0. The first kappa shape index (κ1) is 18.1. The fourth-order valence-corrected chi connectivity index (χ4v) is 3.06. The van der Waals surface area contributed by atoms with Gasteiger partial charge in [-0.15, -0.1) is 15.0 Å². The summed E-state index contributed by atoms with van der Waals surface area (Å²) in [5, 5.41) is 22.3. The molecule has 3 aromatic heterocycles. The molecule has 2 aromatic carbocycles. The molecule has 0 aliphatic carbocycles. The first-order valence-corrected chi connectivity index (χ1v) is 9.34. The van der Waals surface area contributed by atoms with Gasteiger partial charge in [0.15, 0.2) is 6.61 Å². The molecular formula is C21H17N5O4. The summed E-state index contributed by atoms with van der Waals surface area (Å²) < 4.78 is 16.3. The minimum Gasteiger partial charge on any atom is -0.481 e. The second-order valence-electron chi connectivity index (χ2n) is 6.57. The highest BCUT2D eigenvalue weighted by molar-refractivity contribution is 5.73. The van der Waals surface area contributed by atoms with E-state index in [9.17, 15) is 5.11 Å². The van der Waals surface area contributed by atoms with Gasteiger partial charge < -0.3 is 18.8 Å². The van der Waals surface area contributed by atoms with Crippen LogP contribution in [0.25, 0.3) is 28.1 Å². The van der Waals surface area contributed by atoms with Gasteiger partial charge in [-0.05, 0) is 42.3 Å². The minimum absolute atomic E-state index is 0.0485. The van der Waals surface area contributed by atoms with E-state index in [0.29, 0.717) is 29.6 Å². The van der Waals surface area contributed by atoms with Gasteiger partial charge in [0.2, 0.25) is 5.82 Å². The van der Waals surface area contributed by atoms with Crippen LogP contribution in [0.15, 0.2) is 70.0 Å². The molecule has 0 unspecified atom stereocenters. The van der Waals surface area contributed by atoms with Gasteiger partial charge in [0.1, 0.15) is 28.7 Å². The van der Waals surface area contributed by atoms with Crippen LogP contribution in [0.4, 0.5) is 0 Å². The van der Waals surface area contributed by atoms with Crippen molar-refractivity contribution < 1.29 is 18.8 Å². The van der Waals surface area contributed by atoms with Gasteiger partial charge in [-0.25, -0.2) is 0 Å². The highest BCUT2D eigenvalue weighted by Crippen LogP contribution is 2.26. The topological polar surface area (TPSA) is 112 Å². The predicted molar refractivity (Wildman–Crippen MR) is 106 cm³/mol. The maximum absolute atomic E-state index is 9.29. The third-order valence-corrected chi connectivity index (χ3v) is 4.52. The van der Waals surface area contributed by atoms with Gasteiger partial charge in [0, 0.05) is 6.61 Å². The van der Waals surface area contributed by atoms with Gasteiger partial charge in [0.05, 0.1) is 11.8 Å². The Balaban J connectivity index is 1.44. The van der Waals surface area contributed by atoms with Crippen molar-refractivity contribution in [3.8, 4) is 22.8 Å². The Labute approximate surface area is 170 Å². The van der Waals surface area contributed by atoms with Gasteiger partial charge in [0.25, 0.3) is 5.89 Å². The van der Waals surface area contributed by atoms with Gasteiger partial charge >= 0.3 is 0 Å². The molecule has 3 heterocycles. The van der Waals surface area contributed by atoms with Crippen LogP contribution >= 0.6 is 0 Å². The fraction of sp³-hybridized carbons (Fsp3) is 0.143. The van der Waals surface area contributed by atoms with Crippen LogP contribution in [0.3, 0.4) is 0 Å². The summed E-state index contributed by atoms with van der Waals surface area (Å²) >= 11 is 0. The van der Waals surface area contributed by atoms with Crippen LogP contribution in [-0.2, 0) is 13.0 Å². The van der Waals surface area contributed by atoms with Gasteiger partial charge in [-0.1, -0.05) is 23.4 Å². The van der Waals surface area contributed by atoms with E-state index < -0.39 is 0 Å². The van der Waals surface area contributed by atoms with E-state index in [1.54, 1.807) is 18.6 Å². The SMILES string of the molecule is OCCc1ccc(OCc2nc(-c3ccoc3)no2)c(-n2nc3ccccc3n2)c1. The van der Waals surface area contributed by atoms with Crippen LogP contribution in [0, 0.1) is 0 Å². The van der Waals surface area contributed by atoms with Crippen LogP contribution in [0.2, 0.25) is 0 Å². The van der Waals surface area contributed by atoms with Crippen molar-refractivity contribution in [1.82, 2.24) is 25.1 Å². The van der Waals surface area contributed by atoms with Gasteiger partial charge in [-0.2, -0.15) is 4.98 Å². The lowest BCUT2D eigenvalue weighted by molar-refractivity contribution is 0.242. The highest BCUT2D eigenvalue weighted by atomic mass is 16.5. The summed E-state index contributed by atoms with van der Waals surface area (Å²) in [6.07, 6.45) is 3.61. The summed E-state index contributed by atoms with van der Waals surface area (Å²) in [6.45, 7) is 0.130. The van der Waals surface area contributed by atoms with Crippen molar-refractivity contribution in [3.63, 3.8) is 0 Å². The second-order valence-corrected chi connectivity index (χ2v) is 6.57. The number of aromatic nitrogens is 5. The molecule has 5 rings (SSSR count). The number of hydrogen-bond acceptors (Lipinski definition) is 8. The van der Waals surface area contributed by atoms with Crippen LogP contribution in [0.5, 0.6) is 5.75 Å². The number of furan rings is 1. The van der Waals surface area contributed by atoms with E-state index in [4.69, 9.17) is 13.7 Å². The van der Waals surface area contributed by atoms with Crippen molar-refractivity contribution in [2.45, 2.75) is 13.0 Å². The number of rotatable bonds is 7. The lowest BCUT2D eigenvalue weighted by Crippen LogP contribution is -2.05. The number of benzene rings is 2. The zero-order chi connectivity index (χ0) is 20.3. The minimum atomic E-state index is 0.0485. The molecule has 30 heavy (non-hydrogen) atoms. The number of ether oxygens (including phenoxy) is 1. The molecule has 0 radical (unpaired) electrons. The lowest BCUT2D eigenvalue weighted by Gasteiger charge is -2.11. The Morgan fingerprint density at radius 2 is 1.87 bits per heavy atom. The monoisotopic (exact) mass is 403 g/mol. The lowest BCUT2D eigenvalue weighted by atomic mass is 10.1. The number of nitrogens with zero attached hydrogens (tertiary/aromatic N) is 5. The number of aliphatic hydroxyl groups excluding tert-OH is 1. The molecule has 150 valence electrons. The van der Waals surface area contributed by atoms with Crippen molar-refractivity contribution in [1.29, 1.82) is 0 Å². The average Bonchev–Trinajstić information content (AvgIpc) is 3.53. The molecule has 5 aromatic rings. The first-order valence-electron chi connectivity index (χ1n) is 9.34. The Kier molecular flexibility index (Phi) is 4.70. The number of fused-ring (bicyclic) bond motifs is 1.